The van der Waals surface area contributed by atoms with Crippen molar-refractivity contribution in [2.24, 2.45) is 0 Å². The summed E-state index contributed by atoms with van der Waals surface area (Å²) in [6.07, 6.45) is 0. The van der Waals surface area contributed by atoms with Gasteiger partial charge < -0.3 is 9.73 Å². The van der Waals surface area contributed by atoms with E-state index in [1.807, 2.05) is 30.3 Å². The normalized spacial score (nSPS) is 13.1. The van der Waals surface area contributed by atoms with E-state index in [4.69, 9.17) is 4.42 Å². The fraction of sp³-hybridized carbons (Fsp3) is 0.211. The molecule has 136 valence electrons. The second kappa shape index (κ2) is 6.93. The molecule has 1 atom stereocenters. The molecule has 0 aliphatic heterocycles. The van der Waals surface area contributed by atoms with Gasteiger partial charge in [0.2, 0.25) is 15.9 Å². The van der Waals surface area contributed by atoms with Crippen LogP contribution >= 0.6 is 0 Å². The number of amides is 1. The molecule has 0 fully saturated rings. The minimum Gasteiger partial charge on any atom is -0.459 e. The second-order valence-electron chi connectivity index (χ2n) is 6.09. The summed E-state index contributed by atoms with van der Waals surface area (Å²) >= 11 is 0. The van der Waals surface area contributed by atoms with Crippen LogP contribution in [0.4, 0.5) is 5.69 Å². The quantitative estimate of drug-likeness (QED) is 0.739. The van der Waals surface area contributed by atoms with Crippen LogP contribution in [0.25, 0.3) is 11.0 Å². The summed E-state index contributed by atoms with van der Waals surface area (Å²) < 4.78 is 32.9. The van der Waals surface area contributed by atoms with Crippen molar-refractivity contribution in [3.05, 3.63) is 60.4 Å². The van der Waals surface area contributed by atoms with Gasteiger partial charge >= 0.3 is 0 Å². The number of benzene rings is 2. The molecule has 3 aromatic rings. The number of para-hydroxylation sites is 1. The van der Waals surface area contributed by atoms with Gasteiger partial charge in [-0.15, -0.1) is 0 Å². The van der Waals surface area contributed by atoms with Gasteiger partial charge in [-0.05, 0) is 43.3 Å². The van der Waals surface area contributed by atoms with E-state index in [0.29, 0.717) is 11.4 Å². The first kappa shape index (κ1) is 18.2. The fourth-order valence-electron chi connectivity index (χ4n) is 2.68. The van der Waals surface area contributed by atoms with Gasteiger partial charge in [0, 0.05) is 25.0 Å². The number of nitrogens with zero attached hydrogens (tertiary/aromatic N) is 1. The number of rotatable bonds is 5. The molecule has 0 saturated heterocycles. The van der Waals surface area contributed by atoms with E-state index >= 15 is 0 Å². The van der Waals surface area contributed by atoms with E-state index in [9.17, 15) is 13.2 Å². The largest absolute Gasteiger partial charge is 0.459 e. The molecule has 3 rings (SSSR count). The Morgan fingerprint density at radius 2 is 1.77 bits per heavy atom. The van der Waals surface area contributed by atoms with Crippen LogP contribution in [0.2, 0.25) is 0 Å². The van der Waals surface area contributed by atoms with Gasteiger partial charge in [-0.25, -0.2) is 8.42 Å². The van der Waals surface area contributed by atoms with Crippen LogP contribution < -0.4 is 5.32 Å². The number of carbonyl (C=O) groups is 1. The fourth-order valence-corrected chi connectivity index (χ4v) is 4.01. The van der Waals surface area contributed by atoms with Crippen LogP contribution in [0.3, 0.4) is 0 Å². The number of carbonyl (C=O) groups excluding carboxylic acids is 1. The topological polar surface area (TPSA) is 79.6 Å². The molecular weight excluding hydrogens is 352 g/mol. The Balaban J connectivity index is 1.86. The maximum atomic E-state index is 12.9. The maximum Gasteiger partial charge on any atom is 0.243 e. The van der Waals surface area contributed by atoms with Crippen LogP contribution in [0.1, 0.15) is 25.6 Å². The van der Waals surface area contributed by atoms with Crippen LogP contribution in [0, 0.1) is 0 Å². The van der Waals surface area contributed by atoms with Gasteiger partial charge in [0.15, 0.2) is 0 Å². The SMILES string of the molecule is CC(=O)Nc1ccc(S(=O)(=O)N(C)[C@H](C)c2cc3ccccc3o2)cc1. The smallest absolute Gasteiger partial charge is 0.243 e. The first-order chi connectivity index (χ1) is 12.3. The van der Waals surface area contributed by atoms with Crippen LogP contribution in [0.15, 0.2) is 63.9 Å². The van der Waals surface area contributed by atoms with Crippen molar-refractivity contribution in [2.75, 3.05) is 12.4 Å². The highest BCUT2D eigenvalue weighted by atomic mass is 32.2. The Kier molecular flexibility index (Phi) is 4.84. The third kappa shape index (κ3) is 3.49. The summed E-state index contributed by atoms with van der Waals surface area (Å²) in [7, 11) is -2.19. The van der Waals surface area contributed by atoms with Crippen molar-refractivity contribution in [2.45, 2.75) is 24.8 Å². The summed E-state index contributed by atoms with van der Waals surface area (Å²) in [6, 6.07) is 15.0. The molecule has 26 heavy (non-hydrogen) atoms. The molecule has 0 aliphatic rings. The van der Waals surface area contributed by atoms with E-state index < -0.39 is 16.1 Å². The lowest BCUT2D eigenvalue weighted by molar-refractivity contribution is -0.114. The number of sulfonamides is 1. The van der Waals surface area contributed by atoms with Crippen molar-refractivity contribution < 1.29 is 17.6 Å². The Bertz CT molecular complexity index is 1010. The molecule has 2 aromatic carbocycles. The predicted molar refractivity (Wildman–Crippen MR) is 100 cm³/mol. The lowest BCUT2D eigenvalue weighted by Crippen LogP contribution is -2.29. The van der Waals surface area contributed by atoms with E-state index in [2.05, 4.69) is 5.32 Å². The van der Waals surface area contributed by atoms with E-state index in [1.165, 1.54) is 30.4 Å². The number of anilines is 1. The molecule has 0 spiro atoms. The van der Waals surface area contributed by atoms with Crippen LogP contribution in [-0.2, 0) is 14.8 Å². The molecule has 1 aromatic heterocycles. The lowest BCUT2D eigenvalue weighted by atomic mass is 10.2. The van der Waals surface area contributed by atoms with Crippen LogP contribution in [-0.4, -0.2) is 25.7 Å². The van der Waals surface area contributed by atoms with Crippen molar-refractivity contribution >= 4 is 32.6 Å². The summed E-state index contributed by atoms with van der Waals surface area (Å²) in [4.78, 5) is 11.2. The number of fused-ring (bicyclic) bond motifs is 1. The molecular formula is C19H20N2O4S. The summed E-state index contributed by atoms with van der Waals surface area (Å²) in [5, 5.41) is 3.54. The molecule has 0 bridgehead atoms. The Morgan fingerprint density at radius 1 is 1.12 bits per heavy atom. The Morgan fingerprint density at radius 3 is 2.38 bits per heavy atom. The highest BCUT2D eigenvalue weighted by Crippen LogP contribution is 2.30. The standard InChI is InChI=1S/C19H20N2O4S/c1-13(19-12-15-6-4-5-7-18(15)25-19)21(3)26(23,24)17-10-8-16(9-11-17)20-14(2)22/h4-13H,1-3H3,(H,20,22)/t13-/m1/s1. The van der Waals surface area contributed by atoms with Crippen molar-refractivity contribution in [3.8, 4) is 0 Å². The highest BCUT2D eigenvalue weighted by molar-refractivity contribution is 7.89. The predicted octanol–water partition coefficient (Wildman–Crippen LogP) is 3.77. The zero-order chi connectivity index (χ0) is 18.9. The third-order valence-corrected chi connectivity index (χ3v) is 6.20. The molecule has 0 radical (unpaired) electrons. The first-order valence-corrected chi connectivity index (χ1v) is 9.57. The number of hydrogen-bond donors (Lipinski definition) is 1. The number of hydrogen-bond acceptors (Lipinski definition) is 4. The summed E-state index contributed by atoms with van der Waals surface area (Å²) in [5.41, 5.74) is 1.27. The van der Waals surface area contributed by atoms with Gasteiger partial charge in [0.05, 0.1) is 10.9 Å². The lowest BCUT2D eigenvalue weighted by Gasteiger charge is -2.22. The first-order valence-electron chi connectivity index (χ1n) is 8.13. The monoisotopic (exact) mass is 372 g/mol. The summed E-state index contributed by atoms with van der Waals surface area (Å²) in [6.45, 7) is 3.17. The summed E-state index contributed by atoms with van der Waals surface area (Å²) in [5.74, 6) is 0.364. The van der Waals surface area contributed by atoms with Gasteiger partial charge in [-0.2, -0.15) is 4.31 Å². The molecule has 0 aliphatic carbocycles. The third-order valence-electron chi connectivity index (χ3n) is 4.25. The van der Waals surface area contributed by atoms with Crippen molar-refractivity contribution in [3.63, 3.8) is 0 Å². The second-order valence-corrected chi connectivity index (χ2v) is 8.09. The van der Waals surface area contributed by atoms with E-state index in [-0.39, 0.29) is 10.8 Å². The zero-order valence-corrected chi connectivity index (χ0v) is 15.6. The van der Waals surface area contributed by atoms with Gasteiger partial charge in [0.25, 0.3) is 0 Å². The van der Waals surface area contributed by atoms with Gasteiger partial charge in [0.1, 0.15) is 11.3 Å². The van der Waals surface area contributed by atoms with E-state index in [0.717, 1.165) is 11.0 Å². The average molecular weight is 372 g/mol. The van der Waals surface area contributed by atoms with Gasteiger partial charge in [-0.1, -0.05) is 18.2 Å². The average Bonchev–Trinajstić information content (AvgIpc) is 3.04. The number of nitrogens with one attached hydrogen (secondary N) is 1. The molecule has 1 N–H and O–H groups in total. The molecule has 6 nitrogen and oxygen atoms in total. The minimum absolute atomic E-state index is 0.150. The highest BCUT2D eigenvalue weighted by Gasteiger charge is 2.28. The van der Waals surface area contributed by atoms with Crippen molar-refractivity contribution in [1.29, 1.82) is 0 Å². The minimum atomic E-state index is -3.71. The van der Waals surface area contributed by atoms with E-state index in [1.54, 1.807) is 19.1 Å². The Labute approximate surface area is 152 Å². The molecule has 0 unspecified atom stereocenters. The molecule has 0 saturated carbocycles. The van der Waals surface area contributed by atoms with Crippen LogP contribution in [0.5, 0.6) is 0 Å². The zero-order valence-electron chi connectivity index (χ0n) is 14.8. The van der Waals surface area contributed by atoms with Crippen molar-refractivity contribution in [1.82, 2.24) is 4.31 Å². The maximum absolute atomic E-state index is 12.9. The molecule has 1 heterocycles. The molecule has 7 heteroatoms. The number of furan rings is 1. The molecule has 1 amide bonds. The van der Waals surface area contributed by atoms with Gasteiger partial charge in [-0.3, -0.25) is 4.79 Å². The Hall–Kier alpha value is -2.64.